The first kappa shape index (κ1) is 19.4. The first-order valence-electron chi connectivity index (χ1n) is 10.4. The molecule has 3 atom stereocenters. The molecule has 1 aromatic carbocycles. The highest BCUT2D eigenvalue weighted by Gasteiger charge is 2.50. The zero-order chi connectivity index (χ0) is 19.7. The maximum absolute atomic E-state index is 13.2. The molecule has 0 spiro atoms. The van der Waals surface area contributed by atoms with Gasteiger partial charge in [0.1, 0.15) is 0 Å². The van der Waals surface area contributed by atoms with Crippen LogP contribution in [-0.2, 0) is 14.3 Å². The number of hydrogen-bond acceptors (Lipinski definition) is 4. The summed E-state index contributed by atoms with van der Waals surface area (Å²) in [6.07, 6.45) is 2.59. The molecule has 4 rings (SSSR count). The van der Waals surface area contributed by atoms with Gasteiger partial charge < -0.3 is 19.7 Å². The number of hydrogen-bond donors (Lipinski definition) is 1. The summed E-state index contributed by atoms with van der Waals surface area (Å²) in [5.41, 5.74) is 2.85. The van der Waals surface area contributed by atoms with Crippen LogP contribution in [-0.4, -0.2) is 61.8 Å². The van der Waals surface area contributed by atoms with Crippen LogP contribution in [0.4, 0.5) is 0 Å². The van der Waals surface area contributed by atoms with Gasteiger partial charge in [0.15, 0.2) is 0 Å². The number of carbonyl (C=O) groups excluding carboxylic acids is 2. The Labute approximate surface area is 166 Å². The summed E-state index contributed by atoms with van der Waals surface area (Å²) < 4.78 is 11.3. The highest BCUT2D eigenvalue weighted by Crippen LogP contribution is 2.35. The van der Waals surface area contributed by atoms with Gasteiger partial charge in [-0.15, -0.1) is 0 Å². The number of aryl methyl sites for hydroxylation is 2. The lowest BCUT2D eigenvalue weighted by Gasteiger charge is -2.23. The molecule has 6 nitrogen and oxygen atoms in total. The molecule has 6 heteroatoms. The molecule has 2 amide bonds. The molecule has 3 aliphatic heterocycles. The van der Waals surface area contributed by atoms with Crippen LogP contribution in [0.2, 0.25) is 0 Å². The molecule has 1 aromatic rings. The predicted molar refractivity (Wildman–Crippen MR) is 105 cm³/mol. The number of likely N-dealkylation sites (tertiary alicyclic amines) is 1. The van der Waals surface area contributed by atoms with Gasteiger partial charge in [0.2, 0.25) is 5.91 Å². The monoisotopic (exact) mass is 386 g/mol. The fourth-order valence-corrected chi connectivity index (χ4v) is 4.83. The van der Waals surface area contributed by atoms with E-state index in [2.05, 4.69) is 11.4 Å². The van der Waals surface area contributed by atoms with E-state index in [4.69, 9.17) is 9.47 Å². The van der Waals surface area contributed by atoms with E-state index < -0.39 is 0 Å². The van der Waals surface area contributed by atoms with Crippen molar-refractivity contribution in [3.05, 3.63) is 34.9 Å². The van der Waals surface area contributed by atoms with Crippen molar-refractivity contribution in [1.29, 1.82) is 0 Å². The van der Waals surface area contributed by atoms with Crippen molar-refractivity contribution < 1.29 is 19.1 Å². The van der Waals surface area contributed by atoms with E-state index in [9.17, 15) is 9.59 Å². The normalized spacial score (nSPS) is 27.6. The number of amides is 2. The number of rotatable bonds is 4. The summed E-state index contributed by atoms with van der Waals surface area (Å²) >= 11 is 0. The SMILES string of the molecule is Cc1cc(C)cc(C(=O)N2C[C@H](C(=O)NCC3CCOCC3)[C@@H]3OCC[C@@H]32)c1. The molecule has 0 unspecified atom stereocenters. The lowest BCUT2D eigenvalue weighted by molar-refractivity contribution is -0.128. The van der Waals surface area contributed by atoms with Gasteiger partial charge in [-0.2, -0.15) is 0 Å². The Morgan fingerprint density at radius 3 is 2.50 bits per heavy atom. The van der Waals surface area contributed by atoms with Crippen LogP contribution >= 0.6 is 0 Å². The van der Waals surface area contributed by atoms with Crippen LogP contribution in [0.15, 0.2) is 18.2 Å². The van der Waals surface area contributed by atoms with E-state index in [1.807, 2.05) is 30.9 Å². The van der Waals surface area contributed by atoms with E-state index >= 15 is 0 Å². The van der Waals surface area contributed by atoms with Gasteiger partial charge in [-0.05, 0) is 51.2 Å². The molecule has 1 N–H and O–H groups in total. The lowest BCUT2D eigenvalue weighted by Crippen LogP contribution is -2.40. The van der Waals surface area contributed by atoms with Gasteiger partial charge in [-0.1, -0.05) is 17.2 Å². The largest absolute Gasteiger partial charge is 0.381 e. The van der Waals surface area contributed by atoms with Gasteiger partial charge >= 0.3 is 0 Å². The smallest absolute Gasteiger partial charge is 0.254 e. The number of fused-ring (bicyclic) bond motifs is 1. The summed E-state index contributed by atoms with van der Waals surface area (Å²) in [7, 11) is 0. The third kappa shape index (κ3) is 3.94. The number of benzene rings is 1. The first-order chi connectivity index (χ1) is 13.5. The Morgan fingerprint density at radius 1 is 1.07 bits per heavy atom. The standard InChI is InChI=1S/C22H30N2O4/c1-14-9-15(2)11-17(10-14)22(26)24-13-18(20-19(24)5-8-28-20)21(25)23-12-16-3-6-27-7-4-16/h9-11,16,18-20H,3-8,12-13H2,1-2H3,(H,23,25)/t18-,19-,20-/m0/s1. The number of nitrogens with one attached hydrogen (secondary N) is 1. The summed E-state index contributed by atoms with van der Waals surface area (Å²) in [5, 5.41) is 3.11. The minimum atomic E-state index is -0.290. The fourth-order valence-electron chi connectivity index (χ4n) is 4.83. The highest BCUT2D eigenvalue weighted by atomic mass is 16.5. The molecule has 3 heterocycles. The molecule has 0 saturated carbocycles. The molecule has 152 valence electrons. The molecule has 0 aromatic heterocycles. The summed E-state index contributed by atoms with van der Waals surface area (Å²) in [4.78, 5) is 27.9. The Morgan fingerprint density at radius 2 is 1.79 bits per heavy atom. The summed E-state index contributed by atoms with van der Waals surface area (Å²) in [6.45, 7) is 7.27. The number of ether oxygens (including phenoxy) is 2. The van der Waals surface area contributed by atoms with Crippen LogP contribution in [0.5, 0.6) is 0 Å². The van der Waals surface area contributed by atoms with Crippen LogP contribution in [0.1, 0.15) is 40.7 Å². The minimum absolute atomic E-state index is 0.00651. The second-order valence-electron chi connectivity index (χ2n) is 8.43. The zero-order valence-corrected chi connectivity index (χ0v) is 16.8. The molecule has 0 aliphatic carbocycles. The summed E-state index contributed by atoms with van der Waals surface area (Å²) in [6, 6.07) is 5.92. The van der Waals surface area contributed by atoms with Crippen molar-refractivity contribution in [2.24, 2.45) is 11.8 Å². The van der Waals surface area contributed by atoms with Crippen LogP contribution in [0.25, 0.3) is 0 Å². The van der Waals surface area contributed by atoms with E-state index in [0.29, 0.717) is 31.2 Å². The number of carbonyl (C=O) groups is 2. The van der Waals surface area contributed by atoms with Gasteiger partial charge in [0.25, 0.3) is 5.91 Å². The average molecular weight is 386 g/mol. The Kier molecular flexibility index (Phi) is 5.69. The van der Waals surface area contributed by atoms with E-state index in [0.717, 1.165) is 43.6 Å². The summed E-state index contributed by atoms with van der Waals surface area (Å²) in [5.74, 6) is 0.209. The Balaban J connectivity index is 1.44. The van der Waals surface area contributed by atoms with Crippen LogP contribution < -0.4 is 5.32 Å². The molecule has 0 bridgehead atoms. The second-order valence-corrected chi connectivity index (χ2v) is 8.43. The maximum atomic E-state index is 13.2. The Bertz CT molecular complexity index is 724. The average Bonchev–Trinajstić information content (AvgIpc) is 3.28. The lowest BCUT2D eigenvalue weighted by atomic mass is 9.98. The van der Waals surface area contributed by atoms with E-state index in [-0.39, 0.29) is 29.9 Å². The molecule has 3 fully saturated rings. The van der Waals surface area contributed by atoms with Crippen LogP contribution in [0.3, 0.4) is 0 Å². The van der Waals surface area contributed by atoms with Crippen molar-refractivity contribution >= 4 is 11.8 Å². The van der Waals surface area contributed by atoms with Gasteiger partial charge in [-0.25, -0.2) is 0 Å². The van der Waals surface area contributed by atoms with E-state index in [1.165, 1.54) is 0 Å². The van der Waals surface area contributed by atoms with E-state index in [1.54, 1.807) is 0 Å². The van der Waals surface area contributed by atoms with Gasteiger partial charge in [0, 0.05) is 38.5 Å². The quantitative estimate of drug-likeness (QED) is 0.860. The second kappa shape index (κ2) is 8.21. The molecule has 28 heavy (non-hydrogen) atoms. The molecule has 3 aliphatic rings. The van der Waals surface area contributed by atoms with Crippen LogP contribution in [0, 0.1) is 25.7 Å². The fraction of sp³-hybridized carbons (Fsp3) is 0.636. The maximum Gasteiger partial charge on any atom is 0.254 e. The van der Waals surface area contributed by atoms with Gasteiger partial charge in [0.05, 0.1) is 18.1 Å². The van der Waals surface area contributed by atoms with Crippen molar-refractivity contribution in [3.8, 4) is 0 Å². The predicted octanol–water partition coefficient (Wildman–Crippen LogP) is 2.08. The first-order valence-corrected chi connectivity index (χ1v) is 10.4. The minimum Gasteiger partial charge on any atom is -0.381 e. The topological polar surface area (TPSA) is 67.9 Å². The molecule has 0 radical (unpaired) electrons. The molecular weight excluding hydrogens is 356 g/mol. The number of nitrogens with zero attached hydrogens (tertiary/aromatic N) is 1. The molecule has 3 saturated heterocycles. The van der Waals surface area contributed by atoms with Crippen molar-refractivity contribution in [1.82, 2.24) is 10.2 Å². The third-order valence-corrected chi connectivity index (χ3v) is 6.27. The third-order valence-electron chi connectivity index (χ3n) is 6.27. The van der Waals surface area contributed by atoms with Crippen molar-refractivity contribution in [2.75, 3.05) is 32.9 Å². The zero-order valence-electron chi connectivity index (χ0n) is 16.8. The van der Waals surface area contributed by atoms with Gasteiger partial charge in [-0.3, -0.25) is 9.59 Å². The van der Waals surface area contributed by atoms with Crippen molar-refractivity contribution in [3.63, 3.8) is 0 Å². The molecular formula is C22H30N2O4. The van der Waals surface area contributed by atoms with Crippen molar-refractivity contribution in [2.45, 2.75) is 45.3 Å². The Hall–Kier alpha value is -1.92. The highest BCUT2D eigenvalue weighted by molar-refractivity contribution is 5.96.